The fourth-order valence-electron chi connectivity index (χ4n) is 5.48. The summed E-state index contributed by atoms with van der Waals surface area (Å²) in [6.07, 6.45) is 0. The smallest absolute Gasteiger partial charge is 0.0616 e. The molecule has 0 aliphatic carbocycles. The maximum atomic E-state index is 9.80. The van der Waals surface area contributed by atoms with Gasteiger partial charge in [-0.25, -0.2) is 0 Å². The van der Waals surface area contributed by atoms with Crippen LogP contribution >= 0.6 is 0 Å². The SMILES string of the molecule is [2H]c1cc2c(-c3c4c([2H])c([2H])c([2H])cc4c(-c4c([2H])c([2H])c(-c5c([2H])c([2H])c6c([2H])c([2H])c([2H])c([2H])c6c5[2H])c5c([2H])c([2H])c([2H])c([2H])c45)c4c([2H])c([2H])c([2H])c([2H])c34)c([2H])c([2H])c([2H])c2c([2H])c1[2H]. The Bertz CT molecular complexity index is 4000. The molecule has 0 saturated heterocycles. The molecule has 0 atom stereocenters. The Morgan fingerprint density at radius 2 is 0.795 bits per heavy atom. The predicted molar refractivity (Wildman–Crippen MR) is 190 cm³/mol. The Morgan fingerprint density at radius 3 is 1.59 bits per heavy atom. The molecule has 0 amide bonds. The first-order valence-corrected chi connectivity index (χ1v) is 13.2. The van der Waals surface area contributed by atoms with Crippen molar-refractivity contribution >= 4 is 53.9 Å². The van der Waals surface area contributed by atoms with Gasteiger partial charge in [0.1, 0.15) is 0 Å². The quantitative estimate of drug-likeness (QED) is 0.182. The van der Waals surface area contributed by atoms with Crippen LogP contribution in [0.5, 0.6) is 0 Å². The van der Waals surface area contributed by atoms with Gasteiger partial charge in [-0.2, -0.15) is 0 Å². The second-order valence-electron chi connectivity index (χ2n) is 9.65. The minimum absolute atomic E-state index is 0.314. The highest BCUT2D eigenvalue weighted by atomic mass is 14.2. The fourth-order valence-corrected chi connectivity index (χ4v) is 5.48. The van der Waals surface area contributed by atoms with E-state index < -0.39 is 239 Å². The molecular formula is C44H28. The van der Waals surface area contributed by atoms with E-state index in [1.807, 2.05) is 0 Å². The first kappa shape index (κ1) is 10.2. The normalized spacial score (nSPS) is 19.9. The average Bonchev–Trinajstić information content (AvgIpc) is 3.32. The zero-order valence-electron chi connectivity index (χ0n) is 48.2. The Hall–Kier alpha value is -5.72. The summed E-state index contributed by atoms with van der Waals surface area (Å²) in [7, 11) is 0. The van der Waals surface area contributed by atoms with Gasteiger partial charge in [0.25, 0.3) is 0 Å². The van der Waals surface area contributed by atoms with E-state index in [0.717, 1.165) is 12.1 Å². The Balaban J connectivity index is 1.63. The molecule has 204 valence electrons. The summed E-state index contributed by atoms with van der Waals surface area (Å²) in [6, 6.07) is -20.1. The van der Waals surface area contributed by atoms with E-state index in [1.165, 1.54) is 0 Å². The molecule has 0 aromatic heterocycles. The zero-order valence-corrected chi connectivity index (χ0v) is 22.2. The van der Waals surface area contributed by atoms with E-state index in [1.54, 1.807) is 0 Å². The first-order chi connectivity index (χ1) is 32.6. The third-order valence-electron chi connectivity index (χ3n) is 7.34. The van der Waals surface area contributed by atoms with Gasteiger partial charge >= 0.3 is 0 Å². The van der Waals surface area contributed by atoms with E-state index in [9.17, 15) is 12.3 Å². The van der Waals surface area contributed by atoms with Crippen LogP contribution in [-0.2, 0) is 0 Å². The van der Waals surface area contributed by atoms with Crippen molar-refractivity contribution in [3.63, 3.8) is 0 Å². The maximum absolute atomic E-state index is 9.80. The van der Waals surface area contributed by atoms with Gasteiger partial charge in [0.05, 0.1) is 35.6 Å². The summed E-state index contributed by atoms with van der Waals surface area (Å²) in [5.74, 6) is 0. The maximum Gasteiger partial charge on any atom is 0.0636 e. The van der Waals surface area contributed by atoms with Crippen LogP contribution < -0.4 is 0 Å². The van der Waals surface area contributed by atoms with Crippen LogP contribution in [0.4, 0.5) is 0 Å². The third kappa shape index (κ3) is 3.78. The van der Waals surface area contributed by atoms with Crippen LogP contribution in [0.15, 0.2) is 169 Å². The zero-order chi connectivity index (χ0) is 51.7. The molecule has 0 heteroatoms. The van der Waals surface area contributed by atoms with E-state index in [4.69, 9.17) is 23.3 Å². The first-order valence-electron chi connectivity index (χ1n) is 26.2. The fraction of sp³-hybridized carbons (Fsp3) is 0. The molecule has 0 fully saturated rings. The molecule has 0 heterocycles. The van der Waals surface area contributed by atoms with Crippen molar-refractivity contribution < 1.29 is 35.6 Å². The molecule has 9 aromatic carbocycles. The molecule has 0 saturated carbocycles. The van der Waals surface area contributed by atoms with Crippen molar-refractivity contribution in [3.8, 4) is 33.4 Å². The molecule has 9 aromatic rings. The summed E-state index contributed by atoms with van der Waals surface area (Å²) in [4.78, 5) is 0. The van der Waals surface area contributed by atoms with Crippen molar-refractivity contribution in [2.45, 2.75) is 0 Å². The van der Waals surface area contributed by atoms with Gasteiger partial charge in [-0.15, -0.1) is 0 Å². The topological polar surface area (TPSA) is 0 Å². The summed E-state index contributed by atoms with van der Waals surface area (Å²) in [5.41, 5.74) is -3.72. The Morgan fingerprint density at radius 1 is 0.295 bits per heavy atom. The van der Waals surface area contributed by atoms with Gasteiger partial charge in [-0.05, 0) is 93.3 Å². The lowest BCUT2D eigenvalue weighted by Crippen LogP contribution is -1.93. The van der Waals surface area contributed by atoms with E-state index >= 15 is 0 Å². The van der Waals surface area contributed by atoms with E-state index in [0.29, 0.717) is 0 Å². The van der Waals surface area contributed by atoms with Gasteiger partial charge in [0.2, 0.25) is 0 Å². The van der Waals surface area contributed by atoms with Crippen LogP contribution in [0.3, 0.4) is 0 Å². The minimum Gasteiger partial charge on any atom is -0.0616 e. The van der Waals surface area contributed by atoms with Crippen LogP contribution in [0.25, 0.3) is 87.2 Å². The molecule has 0 spiro atoms. The van der Waals surface area contributed by atoms with Crippen LogP contribution in [0, 0.1) is 0 Å². The standard InChI is InChI=1S/C44H28/c1-2-14-31-28-32(25-24-29(31)12-1)34-26-27-42(36-18-6-5-17-35(34)36)44-40-21-9-7-19-38(40)43(39-20-8-10-22-41(39)44)37-23-11-15-30-13-3-4-16-33(30)37/h1-28H/i1D,2D,3D,4D,5D,6D,7D,8D,9D,10D,11D,12D,13D,14D,15D,17D,18D,19D,20D,21D,23D,24D,25D,26D,27D,28D. The lowest BCUT2D eigenvalue weighted by molar-refractivity contribution is 1.66. The molecule has 0 aliphatic heterocycles. The highest BCUT2D eigenvalue weighted by Crippen LogP contribution is 2.47. The number of benzene rings is 9. The van der Waals surface area contributed by atoms with Gasteiger partial charge in [0.15, 0.2) is 0 Å². The lowest BCUT2D eigenvalue weighted by Gasteiger charge is -2.20. The third-order valence-corrected chi connectivity index (χ3v) is 7.34. The molecule has 44 heavy (non-hydrogen) atoms. The minimum atomic E-state index is -1.02. The second-order valence-corrected chi connectivity index (χ2v) is 9.65. The number of hydrogen-bond donors (Lipinski definition) is 0. The molecule has 0 bridgehead atoms. The summed E-state index contributed by atoms with van der Waals surface area (Å²) < 4.78 is 233. The Kier molecular flexibility index (Phi) is 2.30. The van der Waals surface area contributed by atoms with Gasteiger partial charge in [0, 0.05) is 0 Å². The molecule has 0 aliphatic rings. The number of fused-ring (bicyclic) bond motifs is 5. The van der Waals surface area contributed by atoms with Crippen molar-refractivity contribution in [3.05, 3.63) is 169 Å². The number of hydrogen-bond acceptors (Lipinski definition) is 0. The molecule has 9 rings (SSSR count). The van der Waals surface area contributed by atoms with Crippen molar-refractivity contribution in [2.75, 3.05) is 0 Å². The van der Waals surface area contributed by atoms with Crippen molar-refractivity contribution in [2.24, 2.45) is 0 Å². The Labute approximate surface area is 293 Å². The highest BCUT2D eigenvalue weighted by molar-refractivity contribution is 6.25. The summed E-state index contributed by atoms with van der Waals surface area (Å²) in [5, 5.41) is -5.40. The molecular weight excluding hydrogens is 528 g/mol. The molecule has 0 unspecified atom stereocenters. The molecule has 0 N–H and O–H groups in total. The van der Waals surface area contributed by atoms with Crippen molar-refractivity contribution in [1.29, 1.82) is 0 Å². The predicted octanol–water partition coefficient (Wildman–Crippen LogP) is 12.5. The van der Waals surface area contributed by atoms with Crippen LogP contribution in [-0.4, -0.2) is 0 Å². The monoisotopic (exact) mass is 582 g/mol. The van der Waals surface area contributed by atoms with Crippen LogP contribution in [0.1, 0.15) is 35.6 Å². The van der Waals surface area contributed by atoms with Crippen molar-refractivity contribution in [1.82, 2.24) is 0 Å². The lowest BCUT2D eigenvalue weighted by atomic mass is 9.83. The van der Waals surface area contributed by atoms with Gasteiger partial charge in [-0.1, -0.05) is 163 Å². The molecule has 0 radical (unpaired) electrons. The average molecular weight is 583 g/mol. The highest BCUT2D eigenvalue weighted by Gasteiger charge is 2.19. The van der Waals surface area contributed by atoms with E-state index in [2.05, 4.69) is 0 Å². The van der Waals surface area contributed by atoms with Gasteiger partial charge in [-0.3, -0.25) is 0 Å². The van der Waals surface area contributed by atoms with Crippen LogP contribution in [0.2, 0.25) is 0 Å². The molecule has 0 nitrogen and oxygen atoms in total. The summed E-state index contributed by atoms with van der Waals surface area (Å²) in [6.45, 7) is 0. The van der Waals surface area contributed by atoms with E-state index in [-0.39, 0.29) is 5.39 Å². The second kappa shape index (κ2) is 9.93. The van der Waals surface area contributed by atoms with Gasteiger partial charge < -0.3 is 0 Å². The largest absolute Gasteiger partial charge is 0.0636 e. The number of rotatable bonds is 3. The summed E-state index contributed by atoms with van der Waals surface area (Å²) >= 11 is 0.